The van der Waals surface area contributed by atoms with Gasteiger partial charge in [-0.05, 0) is 20.3 Å². The molecule has 0 aromatic carbocycles. The lowest BCUT2D eigenvalue weighted by molar-refractivity contribution is -0.144. The van der Waals surface area contributed by atoms with Gasteiger partial charge in [0.05, 0.1) is 6.61 Å². The maximum absolute atomic E-state index is 10.9. The van der Waals surface area contributed by atoms with Crippen LogP contribution in [0.1, 0.15) is 40.5 Å². The van der Waals surface area contributed by atoms with Crippen molar-refractivity contribution >= 4 is 5.97 Å². The van der Waals surface area contributed by atoms with Gasteiger partial charge in [0.15, 0.2) is 0 Å². The summed E-state index contributed by atoms with van der Waals surface area (Å²) in [5.74, 6) is 0.172. The molecule has 0 bridgehead atoms. The number of carbonyl (C=O) groups is 1. The Balaban J connectivity index is 3.68. The molecule has 0 aromatic rings. The van der Waals surface area contributed by atoms with E-state index >= 15 is 0 Å². The van der Waals surface area contributed by atoms with E-state index in [4.69, 9.17) is 4.74 Å². The Hall–Kier alpha value is -1.05. The van der Waals surface area contributed by atoms with Gasteiger partial charge < -0.3 is 4.74 Å². The largest absolute Gasteiger partial charge is 0.465 e. The lowest BCUT2D eigenvalue weighted by atomic mass is 10.1. The van der Waals surface area contributed by atoms with Crippen molar-refractivity contribution in [3.63, 3.8) is 0 Å². The Labute approximate surface area is 93.0 Å². The number of hydrogen-bond acceptors (Lipinski definition) is 2. The third-order valence-corrected chi connectivity index (χ3v) is 1.92. The maximum atomic E-state index is 10.9. The Morgan fingerprint density at radius 2 is 2.07 bits per heavy atom. The predicted octanol–water partition coefficient (Wildman–Crippen LogP) is 3.49. The summed E-state index contributed by atoms with van der Waals surface area (Å²) in [5.41, 5.74) is 1.32. The highest BCUT2D eigenvalue weighted by Crippen LogP contribution is 2.02. The van der Waals surface area contributed by atoms with E-state index in [2.05, 4.69) is 32.1 Å². The number of rotatable bonds is 6. The van der Waals surface area contributed by atoms with Crippen LogP contribution in [0.3, 0.4) is 0 Å². The van der Waals surface area contributed by atoms with Gasteiger partial charge in [-0.25, -0.2) is 0 Å². The standard InChI is InChI=1S/C13H22O2/c1-5-13(14)15-10-12(4)9-7-6-8-11(2)3/h7-9,12H,5-6,10H2,1-4H3/b9-7+. The van der Waals surface area contributed by atoms with Crippen LogP contribution in [0.15, 0.2) is 23.8 Å². The van der Waals surface area contributed by atoms with E-state index in [1.807, 2.05) is 6.92 Å². The highest BCUT2D eigenvalue weighted by Gasteiger charge is 2.01. The molecule has 2 nitrogen and oxygen atoms in total. The van der Waals surface area contributed by atoms with Crippen LogP contribution in [0.25, 0.3) is 0 Å². The van der Waals surface area contributed by atoms with Crippen molar-refractivity contribution in [1.29, 1.82) is 0 Å². The molecule has 0 rings (SSSR count). The van der Waals surface area contributed by atoms with Crippen molar-refractivity contribution in [2.45, 2.75) is 40.5 Å². The topological polar surface area (TPSA) is 26.3 Å². The molecule has 0 saturated carbocycles. The predicted molar refractivity (Wildman–Crippen MR) is 63.6 cm³/mol. The summed E-state index contributed by atoms with van der Waals surface area (Å²) < 4.78 is 5.03. The fourth-order valence-electron chi connectivity index (χ4n) is 0.997. The molecule has 0 spiro atoms. The van der Waals surface area contributed by atoms with Crippen molar-refractivity contribution in [1.82, 2.24) is 0 Å². The molecule has 15 heavy (non-hydrogen) atoms. The van der Waals surface area contributed by atoms with Gasteiger partial charge in [-0.15, -0.1) is 0 Å². The molecule has 0 aliphatic rings. The lowest BCUT2D eigenvalue weighted by Crippen LogP contribution is -2.09. The molecule has 0 fully saturated rings. The monoisotopic (exact) mass is 210 g/mol. The number of ether oxygens (including phenoxy) is 1. The van der Waals surface area contributed by atoms with Crippen molar-refractivity contribution in [3.8, 4) is 0 Å². The Kier molecular flexibility index (Phi) is 7.69. The minimum atomic E-state index is -0.125. The number of esters is 1. The molecule has 0 amide bonds. The first-order chi connectivity index (χ1) is 7.06. The second-order valence-electron chi connectivity index (χ2n) is 3.96. The summed E-state index contributed by atoms with van der Waals surface area (Å²) >= 11 is 0. The maximum Gasteiger partial charge on any atom is 0.305 e. The van der Waals surface area contributed by atoms with Crippen molar-refractivity contribution in [2.24, 2.45) is 5.92 Å². The van der Waals surface area contributed by atoms with Gasteiger partial charge in [-0.1, -0.05) is 37.6 Å². The Morgan fingerprint density at radius 3 is 2.60 bits per heavy atom. The van der Waals surface area contributed by atoms with E-state index in [-0.39, 0.29) is 5.97 Å². The fourth-order valence-corrected chi connectivity index (χ4v) is 0.997. The first-order valence-electron chi connectivity index (χ1n) is 5.52. The number of carbonyl (C=O) groups excluding carboxylic acids is 1. The van der Waals surface area contributed by atoms with E-state index in [1.54, 1.807) is 6.92 Å². The molecule has 0 aliphatic heterocycles. The Morgan fingerprint density at radius 1 is 1.40 bits per heavy atom. The van der Waals surface area contributed by atoms with Gasteiger partial charge >= 0.3 is 5.97 Å². The summed E-state index contributed by atoms with van der Waals surface area (Å²) in [6.07, 6.45) is 7.77. The molecule has 2 heteroatoms. The quantitative estimate of drug-likeness (QED) is 0.495. The van der Waals surface area contributed by atoms with E-state index in [0.717, 1.165) is 6.42 Å². The first-order valence-corrected chi connectivity index (χ1v) is 5.52. The number of allylic oxidation sites excluding steroid dienone is 3. The molecule has 1 atom stereocenters. The summed E-state index contributed by atoms with van der Waals surface area (Å²) in [6.45, 7) is 8.50. The van der Waals surface area contributed by atoms with Crippen LogP contribution in [-0.4, -0.2) is 12.6 Å². The molecule has 0 radical (unpaired) electrons. The third-order valence-electron chi connectivity index (χ3n) is 1.92. The zero-order valence-corrected chi connectivity index (χ0v) is 10.2. The molecule has 86 valence electrons. The smallest absolute Gasteiger partial charge is 0.305 e. The molecule has 0 aliphatic carbocycles. The molecule has 1 unspecified atom stereocenters. The normalized spacial score (nSPS) is 12.5. The van der Waals surface area contributed by atoms with Gasteiger partial charge in [-0.3, -0.25) is 4.79 Å². The molecular formula is C13H22O2. The van der Waals surface area contributed by atoms with Crippen molar-refractivity contribution < 1.29 is 9.53 Å². The van der Waals surface area contributed by atoms with E-state index in [9.17, 15) is 4.79 Å². The van der Waals surface area contributed by atoms with Crippen molar-refractivity contribution in [2.75, 3.05) is 6.61 Å². The zero-order chi connectivity index (χ0) is 11.7. The summed E-state index contributed by atoms with van der Waals surface area (Å²) in [4.78, 5) is 10.9. The first kappa shape index (κ1) is 13.9. The molecule has 0 N–H and O–H groups in total. The van der Waals surface area contributed by atoms with Crippen LogP contribution in [0.4, 0.5) is 0 Å². The molecular weight excluding hydrogens is 188 g/mol. The van der Waals surface area contributed by atoms with Crippen molar-refractivity contribution in [3.05, 3.63) is 23.8 Å². The average Bonchev–Trinajstić information content (AvgIpc) is 2.20. The van der Waals surface area contributed by atoms with Gasteiger partial charge in [0.25, 0.3) is 0 Å². The van der Waals surface area contributed by atoms with Crippen LogP contribution in [-0.2, 0) is 9.53 Å². The average molecular weight is 210 g/mol. The van der Waals surface area contributed by atoms with Crippen LogP contribution in [0.2, 0.25) is 0 Å². The summed E-state index contributed by atoms with van der Waals surface area (Å²) in [5, 5.41) is 0. The van der Waals surface area contributed by atoms with E-state index < -0.39 is 0 Å². The minimum Gasteiger partial charge on any atom is -0.465 e. The summed E-state index contributed by atoms with van der Waals surface area (Å²) in [7, 11) is 0. The van der Waals surface area contributed by atoms with Gasteiger partial charge in [0.2, 0.25) is 0 Å². The highest BCUT2D eigenvalue weighted by molar-refractivity contribution is 5.68. The zero-order valence-electron chi connectivity index (χ0n) is 10.2. The molecule has 0 heterocycles. The van der Waals surface area contributed by atoms with Crippen LogP contribution in [0, 0.1) is 5.92 Å². The fraction of sp³-hybridized carbons (Fsp3) is 0.615. The van der Waals surface area contributed by atoms with Gasteiger partial charge in [0, 0.05) is 12.3 Å². The third kappa shape index (κ3) is 9.26. The second kappa shape index (κ2) is 8.27. The molecule has 0 saturated heterocycles. The SMILES string of the molecule is CCC(=O)OCC(C)/C=C/CC=C(C)C. The van der Waals surface area contributed by atoms with Gasteiger partial charge in [-0.2, -0.15) is 0 Å². The van der Waals surface area contributed by atoms with Gasteiger partial charge in [0.1, 0.15) is 0 Å². The summed E-state index contributed by atoms with van der Waals surface area (Å²) in [6, 6.07) is 0. The minimum absolute atomic E-state index is 0.125. The highest BCUT2D eigenvalue weighted by atomic mass is 16.5. The van der Waals surface area contributed by atoms with E-state index in [1.165, 1.54) is 5.57 Å². The van der Waals surface area contributed by atoms with E-state index in [0.29, 0.717) is 18.9 Å². The number of hydrogen-bond donors (Lipinski definition) is 0. The van der Waals surface area contributed by atoms with Crippen LogP contribution < -0.4 is 0 Å². The van der Waals surface area contributed by atoms with Crippen LogP contribution >= 0.6 is 0 Å². The second-order valence-corrected chi connectivity index (χ2v) is 3.96. The molecule has 0 aromatic heterocycles. The van der Waals surface area contributed by atoms with Crippen LogP contribution in [0.5, 0.6) is 0 Å². The lowest BCUT2D eigenvalue weighted by Gasteiger charge is -2.06. The Bertz CT molecular complexity index is 235.